The zero-order valence-electron chi connectivity index (χ0n) is 18.9. The van der Waals surface area contributed by atoms with Crippen molar-refractivity contribution in [2.45, 2.75) is 50.6 Å². The zero-order valence-corrected chi connectivity index (χ0v) is 18.9. The SMILES string of the molecule is NCCCCC(NC(=O)C(CCCCN(CC(=O)O)CC(=O)O)N(CC=O)CC(=O)O)C(=O)O. The molecule has 2 atom stereocenters. The fourth-order valence-electron chi connectivity index (χ4n) is 3.34. The monoisotopic (exact) mass is 490 g/mol. The summed E-state index contributed by atoms with van der Waals surface area (Å²) in [6, 6.07) is -2.35. The summed E-state index contributed by atoms with van der Waals surface area (Å²) in [7, 11) is 0. The van der Waals surface area contributed by atoms with Crippen LogP contribution in [0, 0.1) is 0 Å². The number of rotatable bonds is 21. The van der Waals surface area contributed by atoms with Gasteiger partial charge in [-0.3, -0.25) is 29.0 Å². The van der Waals surface area contributed by atoms with Crippen molar-refractivity contribution < 1.29 is 49.2 Å². The second-order valence-corrected chi connectivity index (χ2v) is 7.68. The molecule has 7 N–H and O–H groups in total. The first-order valence-electron chi connectivity index (χ1n) is 10.8. The van der Waals surface area contributed by atoms with Crippen molar-refractivity contribution in [3.05, 3.63) is 0 Å². The zero-order chi connectivity index (χ0) is 26.1. The second kappa shape index (κ2) is 17.4. The Hall–Kier alpha value is -3.10. The van der Waals surface area contributed by atoms with Gasteiger partial charge < -0.3 is 36.3 Å². The Labute approximate surface area is 196 Å². The Morgan fingerprint density at radius 1 is 0.824 bits per heavy atom. The number of hydrogen-bond acceptors (Lipinski definition) is 9. The summed E-state index contributed by atoms with van der Waals surface area (Å²) < 4.78 is 0. The van der Waals surface area contributed by atoms with Crippen LogP contribution in [-0.2, 0) is 28.8 Å². The van der Waals surface area contributed by atoms with Gasteiger partial charge in [0.05, 0.1) is 32.2 Å². The molecule has 0 fully saturated rings. The molecular weight excluding hydrogens is 456 g/mol. The van der Waals surface area contributed by atoms with E-state index in [4.69, 9.17) is 21.1 Å². The third-order valence-electron chi connectivity index (χ3n) is 4.87. The largest absolute Gasteiger partial charge is 0.480 e. The minimum Gasteiger partial charge on any atom is -0.480 e. The lowest BCUT2D eigenvalue weighted by Crippen LogP contribution is -2.53. The Kier molecular flexibility index (Phi) is 15.8. The highest BCUT2D eigenvalue weighted by Crippen LogP contribution is 2.12. The average Bonchev–Trinajstić information content (AvgIpc) is 2.71. The fourth-order valence-corrected chi connectivity index (χ4v) is 3.34. The maximum Gasteiger partial charge on any atom is 0.326 e. The van der Waals surface area contributed by atoms with Crippen molar-refractivity contribution in [1.82, 2.24) is 15.1 Å². The van der Waals surface area contributed by atoms with Gasteiger partial charge in [-0.05, 0) is 45.2 Å². The molecule has 0 aliphatic heterocycles. The standard InChI is InChI=1S/C20H34N4O10/c21-7-3-1-5-14(20(33)34)22-19(32)15(24(9-10-25)13-18(30)31)6-2-4-8-23(11-16(26)27)12-17(28)29/h10,14-15H,1-9,11-13,21H2,(H,22,32)(H,26,27)(H,28,29)(H,30,31)(H,33,34). The van der Waals surface area contributed by atoms with Gasteiger partial charge >= 0.3 is 23.9 Å². The van der Waals surface area contributed by atoms with Crippen molar-refractivity contribution >= 4 is 36.1 Å². The van der Waals surface area contributed by atoms with E-state index >= 15 is 0 Å². The molecule has 194 valence electrons. The molecule has 0 aromatic rings. The molecule has 0 saturated carbocycles. The molecule has 14 heteroatoms. The molecule has 0 rings (SSSR count). The van der Waals surface area contributed by atoms with Crippen LogP contribution < -0.4 is 11.1 Å². The Bertz CT molecular complexity index is 687. The van der Waals surface area contributed by atoms with Gasteiger partial charge in [0.15, 0.2) is 0 Å². The van der Waals surface area contributed by atoms with Crippen molar-refractivity contribution in [2.24, 2.45) is 5.73 Å². The lowest BCUT2D eigenvalue weighted by atomic mass is 10.0. The number of carboxylic acids is 4. The first-order chi connectivity index (χ1) is 16.0. The molecular formula is C20H34N4O10. The van der Waals surface area contributed by atoms with Gasteiger partial charge in [0, 0.05) is 0 Å². The molecule has 0 aliphatic carbocycles. The molecule has 0 heterocycles. The summed E-state index contributed by atoms with van der Waals surface area (Å²) in [5, 5.41) is 38.7. The molecule has 2 unspecified atom stereocenters. The van der Waals surface area contributed by atoms with Gasteiger partial charge in [-0.1, -0.05) is 6.42 Å². The highest BCUT2D eigenvalue weighted by molar-refractivity contribution is 5.87. The summed E-state index contributed by atoms with van der Waals surface area (Å²) in [4.78, 5) is 70.8. The quantitative estimate of drug-likeness (QED) is 0.0778. The van der Waals surface area contributed by atoms with Gasteiger partial charge in [-0.2, -0.15) is 0 Å². The van der Waals surface area contributed by atoms with Gasteiger partial charge in [-0.25, -0.2) is 4.79 Å². The number of nitrogens with one attached hydrogen (secondary N) is 1. The number of unbranched alkanes of at least 4 members (excludes halogenated alkanes) is 2. The van der Waals surface area contributed by atoms with Crippen LogP contribution in [0.1, 0.15) is 38.5 Å². The number of aliphatic carboxylic acids is 4. The molecule has 0 saturated heterocycles. The summed E-state index contributed by atoms with van der Waals surface area (Å²) in [5.74, 6) is -5.71. The fraction of sp³-hybridized carbons (Fsp3) is 0.700. The van der Waals surface area contributed by atoms with E-state index in [0.717, 1.165) is 4.90 Å². The van der Waals surface area contributed by atoms with Crippen LogP contribution in [0.5, 0.6) is 0 Å². The van der Waals surface area contributed by atoms with Gasteiger partial charge in [-0.15, -0.1) is 0 Å². The van der Waals surface area contributed by atoms with Crippen LogP contribution in [0.2, 0.25) is 0 Å². The second-order valence-electron chi connectivity index (χ2n) is 7.68. The Balaban J connectivity index is 5.33. The van der Waals surface area contributed by atoms with Crippen LogP contribution in [0.3, 0.4) is 0 Å². The minimum atomic E-state index is -1.29. The number of hydrogen-bond donors (Lipinski definition) is 6. The minimum absolute atomic E-state index is 0.0378. The molecule has 0 aromatic carbocycles. The van der Waals surface area contributed by atoms with E-state index in [-0.39, 0.29) is 38.8 Å². The predicted molar refractivity (Wildman–Crippen MR) is 117 cm³/mol. The van der Waals surface area contributed by atoms with E-state index in [1.807, 2.05) is 0 Å². The highest BCUT2D eigenvalue weighted by atomic mass is 16.4. The lowest BCUT2D eigenvalue weighted by Gasteiger charge is -2.29. The number of carbonyl (C=O) groups excluding carboxylic acids is 2. The molecule has 0 radical (unpaired) electrons. The Morgan fingerprint density at radius 2 is 1.38 bits per heavy atom. The van der Waals surface area contributed by atoms with E-state index in [0.29, 0.717) is 25.7 Å². The third kappa shape index (κ3) is 14.1. The number of nitrogens with two attached hydrogens (primary N) is 1. The topological polar surface area (TPSA) is 228 Å². The number of nitrogens with zero attached hydrogens (tertiary/aromatic N) is 2. The Morgan fingerprint density at radius 3 is 1.85 bits per heavy atom. The summed E-state index contributed by atoms with van der Waals surface area (Å²) in [6.07, 6.45) is 2.14. The van der Waals surface area contributed by atoms with E-state index in [1.54, 1.807) is 0 Å². The van der Waals surface area contributed by atoms with Crippen LogP contribution in [0.4, 0.5) is 0 Å². The molecule has 0 bridgehead atoms. The van der Waals surface area contributed by atoms with E-state index in [1.165, 1.54) is 4.90 Å². The van der Waals surface area contributed by atoms with E-state index < -0.39 is 61.5 Å². The number of carboxylic acid groups (broad SMARTS) is 4. The normalized spacial score (nSPS) is 12.8. The first kappa shape index (κ1) is 30.9. The number of amides is 1. The molecule has 34 heavy (non-hydrogen) atoms. The number of aldehydes is 1. The first-order valence-corrected chi connectivity index (χ1v) is 10.8. The van der Waals surface area contributed by atoms with Crippen LogP contribution in [0.15, 0.2) is 0 Å². The summed E-state index contributed by atoms with van der Waals surface area (Å²) >= 11 is 0. The average molecular weight is 491 g/mol. The maximum absolute atomic E-state index is 12.9. The van der Waals surface area contributed by atoms with Crippen molar-refractivity contribution in [3.63, 3.8) is 0 Å². The summed E-state index contributed by atoms with van der Waals surface area (Å²) in [5.41, 5.74) is 5.40. The van der Waals surface area contributed by atoms with Crippen LogP contribution in [0.25, 0.3) is 0 Å². The van der Waals surface area contributed by atoms with E-state index in [2.05, 4.69) is 5.32 Å². The molecule has 0 aliphatic rings. The molecule has 0 aromatic heterocycles. The number of carbonyl (C=O) groups is 6. The van der Waals surface area contributed by atoms with Crippen molar-refractivity contribution in [2.75, 3.05) is 39.3 Å². The molecule has 14 nitrogen and oxygen atoms in total. The van der Waals surface area contributed by atoms with Crippen molar-refractivity contribution in [3.8, 4) is 0 Å². The maximum atomic E-state index is 12.9. The molecule has 1 amide bonds. The third-order valence-corrected chi connectivity index (χ3v) is 4.87. The highest BCUT2D eigenvalue weighted by Gasteiger charge is 2.30. The predicted octanol–water partition coefficient (Wildman–Crippen LogP) is -1.72. The smallest absolute Gasteiger partial charge is 0.326 e. The lowest BCUT2D eigenvalue weighted by molar-refractivity contribution is -0.145. The summed E-state index contributed by atoms with van der Waals surface area (Å²) in [6.45, 7) is -1.54. The van der Waals surface area contributed by atoms with Crippen LogP contribution >= 0.6 is 0 Å². The van der Waals surface area contributed by atoms with Gasteiger partial charge in [0.2, 0.25) is 5.91 Å². The molecule has 0 spiro atoms. The van der Waals surface area contributed by atoms with Crippen molar-refractivity contribution in [1.29, 1.82) is 0 Å². The van der Waals surface area contributed by atoms with E-state index in [9.17, 15) is 33.9 Å². The van der Waals surface area contributed by atoms with Gasteiger partial charge in [0.1, 0.15) is 12.3 Å². The van der Waals surface area contributed by atoms with Gasteiger partial charge in [0.25, 0.3) is 0 Å². The van der Waals surface area contributed by atoms with Crippen LogP contribution in [-0.4, -0.2) is 118 Å².